The number of amides is 1. The van der Waals surface area contributed by atoms with Crippen LogP contribution in [0, 0.1) is 0 Å². The van der Waals surface area contributed by atoms with Gasteiger partial charge in [-0.25, -0.2) is 4.68 Å². The molecule has 0 radical (unpaired) electrons. The molecule has 21 heavy (non-hydrogen) atoms. The summed E-state index contributed by atoms with van der Waals surface area (Å²) in [6, 6.07) is 4.26. The van der Waals surface area contributed by atoms with Crippen LogP contribution < -0.4 is 11.1 Å². The van der Waals surface area contributed by atoms with E-state index in [0.29, 0.717) is 18.8 Å². The summed E-state index contributed by atoms with van der Waals surface area (Å²) in [6.07, 6.45) is 1.68. The van der Waals surface area contributed by atoms with E-state index < -0.39 is 0 Å². The molecule has 0 aliphatic rings. The standard InChI is InChI=1S/C13H20N6OS/c1-18(2)11(12-4-3-5-21-12)7-15-13(20)9-19-8-10(6-14)16-17-19/h3-5,8,11H,6-7,9,14H2,1-2H3,(H,15,20). The van der Waals surface area contributed by atoms with Crippen LogP contribution in [0.3, 0.4) is 0 Å². The van der Waals surface area contributed by atoms with Crippen molar-refractivity contribution in [3.05, 3.63) is 34.3 Å². The maximum atomic E-state index is 12.0. The van der Waals surface area contributed by atoms with Gasteiger partial charge in [-0.2, -0.15) is 0 Å². The van der Waals surface area contributed by atoms with E-state index in [1.54, 1.807) is 17.5 Å². The fourth-order valence-electron chi connectivity index (χ4n) is 1.94. The van der Waals surface area contributed by atoms with Crippen LogP contribution in [-0.4, -0.2) is 46.4 Å². The highest BCUT2D eigenvalue weighted by Gasteiger charge is 2.16. The van der Waals surface area contributed by atoms with Crippen molar-refractivity contribution in [2.24, 2.45) is 5.73 Å². The third-order valence-electron chi connectivity index (χ3n) is 3.09. The minimum atomic E-state index is -0.0909. The van der Waals surface area contributed by atoms with E-state index in [0.717, 1.165) is 0 Å². The fraction of sp³-hybridized carbons (Fsp3) is 0.462. The van der Waals surface area contributed by atoms with Gasteiger partial charge in [0.1, 0.15) is 6.54 Å². The van der Waals surface area contributed by atoms with Crippen LogP contribution >= 0.6 is 11.3 Å². The highest BCUT2D eigenvalue weighted by molar-refractivity contribution is 7.10. The number of likely N-dealkylation sites (N-methyl/N-ethyl adjacent to an activating group) is 1. The van der Waals surface area contributed by atoms with Gasteiger partial charge < -0.3 is 16.0 Å². The quantitative estimate of drug-likeness (QED) is 0.764. The maximum Gasteiger partial charge on any atom is 0.241 e. The predicted molar refractivity (Wildman–Crippen MR) is 81.7 cm³/mol. The summed E-state index contributed by atoms with van der Waals surface area (Å²) >= 11 is 1.69. The van der Waals surface area contributed by atoms with Gasteiger partial charge in [0.25, 0.3) is 0 Å². The third-order valence-corrected chi connectivity index (χ3v) is 4.06. The highest BCUT2D eigenvalue weighted by atomic mass is 32.1. The first-order chi connectivity index (χ1) is 10.1. The van der Waals surface area contributed by atoms with Crippen LogP contribution in [0.2, 0.25) is 0 Å². The summed E-state index contributed by atoms with van der Waals surface area (Å²) in [7, 11) is 4.00. The molecule has 0 spiro atoms. The molecule has 0 aliphatic carbocycles. The number of hydrogen-bond donors (Lipinski definition) is 2. The summed E-state index contributed by atoms with van der Waals surface area (Å²) < 4.78 is 1.49. The molecule has 0 aliphatic heterocycles. The van der Waals surface area contributed by atoms with Gasteiger partial charge in [-0.3, -0.25) is 4.79 Å². The summed E-state index contributed by atoms with van der Waals surface area (Å²) in [6.45, 7) is 1.03. The molecular formula is C13H20N6OS. The molecule has 0 saturated carbocycles. The number of aromatic nitrogens is 3. The molecule has 2 heterocycles. The Balaban J connectivity index is 1.87. The molecule has 1 atom stereocenters. The highest BCUT2D eigenvalue weighted by Crippen LogP contribution is 2.22. The number of rotatable bonds is 7. The average molecular weight is 308 g/mol. The predicted octanol–water partition coefficient (Wildman–Crippen LogP) is 0.217. The van der Waals surface area contributed by atoms with Gasteiger partial charge in [-0.05, 0) is 25.5 Å². The Morgan fingerprint density at radius 1 is 1.57 bits per heavy atom. The lowest BCUT2D eigenvalue weighted by Crippen LogP contribution is -2.36. The Morgan fingerprint density at radius 2 is 2.38 bits per heavy atom. The molecule has 114 valence electrons. The van der Waals surface area contributed by atoms with Crippen molar-refractivity contribution in [1.82, 2.24) is 25.2 Å². The minimum absolute atomic E-state index is 0.0909. The van der Waals surface area contributed by atoms with Gasteiger partial charge in [0.15, 0.2) is 0 Å². The summed E-state index contributed by atoms with van der Waals surface area (Å²) in [5.74, 6) is -0.0909. The normalized spacial score (nSPS) is 12.6. The Kier molecular flexibility index (Phi) is 5.43. The second-order valence-electron chi connectivity index (χ2n) is 4.91. The van der Waals surface area contributed by atoms with Gasteiger partial charge >= 0.3 is 0 Å². The lowest BCUT2D eigenvalue weighted by molar-refractivity contribution is -0.122. The molecule has 1 unspecified atom stereocenters. The van der Waals surface area contributed by atoms with Gasteiger partial charge in [0.05, 0.1) is 17.9 Å². The second-order valence-corrected chi connectivity index (χ2v) is 5.89. The third kappa shape index (κ3) is 4.35. The van der Waals surface area contributed by atoms with Crippen LogP contribution in [0.25, 0.3) is 0 Å². The van der Waals surface area contributed by atoms with Crippen molar-refractivity contribution in [2.75, 3.05) is 20.6 Å². The van der Waals surface area contributed by atoms with E-state index in [1.165, 1.54) is 9.56 Å². The van der Waals surface area contributed by atoms with Crippen molar-refractivity contribution < 1.29 is 4.79 Å². The first-order valence-electron chi connectivity index (χ1n) is 6.65. The van der Waals surface area contributed by atoms with Gasteiger partial charge in [-0.1, -0.05) is 11.3 Å². The van der Waals surface area contributed by atoms with Crippen LogP contribution in [0.4, 0.5) is 0 Å². The van der Waals surface area contributed by atoms with E-state index >= 15 is 0 Å². The average Bonchev–Trinajstić information content (AvgIpc) is 3.10. The Bertz CT molecular complexity index is 565. The van der Waals surface area contributed by atoms with Crippen molar-refractivity contribution >= 4 is 17.2 Å². The molecule has 2 aromatic rings. The molecular weight excluding hydrogens is 288 g/mol. The van der Waals surface area contributed by atoms with E-state index in [9.17, 15) is 4.79 Å². The molecule has 2 rings (SSSR count). The minimum Gasteiger partial charge on any atom is -0.353 e. The summed E-state index contributed by atoms with van der Waals surface area (Å²) in [5, 5.41) is 12.7. The molecule has 0 aromatic carbocycles. The first kappa shape index (κ1) is 15.6. The molecule has 3 N–H and O–H groups in total. The zero-order valence-electron chi connectivity index (χ0n) is 12.2. The molecule has 7 nitrogen and oxygen atoms in total. The summed E-state index contributed by atoms with van der Waals surface area (Å²) in [4.78, 5) is 15.3. The fourth-order valence-corrected chi connectivity index (χ4v) is 2.86. The molecule has 0 bridgehead atoms. The largest absolute Gasteiger partial charge is 0.353 e. The van der Waals surface area contributed by atoms with Crippen molar-refractivity contribution in [3.8, 4) is 0 Å². The number of nitrogens with two attached hydrogens (primary N) is 1. The van der Waals surface area contributed by atoms with Crippen LogP contribution in [-0.2, 0) is 17.9 Å². The Morgan fingerprint density at radius 3 is 2.95 bits per heavy atom. The van der Waals surface area contributed by atoms with Crippen LogP contribution in [0.5, 0.6) is 0 Å². The van der Waals surface area contributed by atoms with Crippen molar-refractivity contribution in [2.45, 2.75) is 19.1 Å². The Labute approximate surface area is 127 Å². The molecule has 0 saturated heterocycles. The zero-order valence-corrected chi connectivity index (χ0v) is 13.0. The number of carbonyl (C=O) groups excluding carboxylic acids is 1. The second kappa shape index (κ2) is 7.30. The SMILES string of the molecule is CN(C)C(CNC(=O)Cn1cc(CN)nn1)c1cccs1. The number of nitrogens with zero attached hydrogens (tertiary/aromatic N) is 4. The van der Waals surface area contributed by atoms with Crippen molar-refractivity contribution in [1.29, 1.82) is 0 Å². The lowest BCUT2D eigenvalue weighted by atomic mass is 10.2. The van der Waals surface area contributed by atoms with E-state index in [1.807, 2.05) is 25.5 Å². The number of carbonyl (C=O) groups is 1. The molecule has 0 fully saturated rings. The summed E-state index contributed by atoms with van der Waals surface area (Å²) in [5.41, 5.74) is 6.13. The monoisotopic (exact) mass is 308 g/mol. The first-order valence-corrected chi connectivity index (χ1v) is 7.53. The lowest BCUT2D eigenvalue weighted by Gasteiger charge is -2.23. The number of nitrogens with one attached hydrogen (secondary N) is 1. The van der Waals surface area contributed by atoms with Crippen molar-refractivity contribution in [3.63, 3.8) is 0 Å². The molecule has 2 aromatic heterocycles. The zero-order chi connectivity index (χ0) is 15.2. The van der Waals surface area contributed by atoms with Crippen LogP contribution in [0.15, 0.2) is 23.7 Å². The smallest absolute Gasteiger partial charge is 0.241 e. The maximum absolute atomic E-state index is 12.0. The van der Waals surface area contributed by atoms with E-state index in [4.69, 9.17) is 5.73 Å². The molecule has 8 heteroatoms. The van der Waals surface area contributed by atoms with Gasteiger partial charge in [0, 0.05) is 18.0 Å². The van der Waals surface area contributed by atoms with Gasteiger partial charge in [0.2, 0.25) is 5.91 Å². The number of thiophene rings is 1. The topological polar surface area (TPSA) is 89.1 Å². The van der Waals surface area contributed by atoms with E-state index in [2.05, 4.69) is 26.6 Å². The Hall–Kier alpha value is -1.77. The van der Waals surface area contributed by atoms with E-state index in [-0.39, 0.29) is 18.5 Å². The molecule has 1 amide bonds. The number of hydrogen-bond acceptors (Lipinski definition) is 6. The van der Waals surface area contributed by atoms with Crippen LogP contribution in [0.1, 0.15) is 16.6 Å². The van der Waals surface area contributed by atoms with Gasteiger partial charge in [-0.15, -0.1) is 16.4 Å².